The maximum atomic E-state index is 15.9. The number of carbonyl (C=O) groups is 2. The van der Waals surface area contributed by atoms with E-state index in [9.17, 15) is 18.8 Å². The molecule has 3 unspecified atom stereocenters. The number of carbonyl (C=O) groups excluding carboxylic acids is 2. The van der Waals surface area contributed by atoms with Crippen LogP contribution in [-0.2, 0) is 14.3 Å². The minimum atomic E-state index is -0.901. The molecule has 3 aromatic carbocycles. The smallest absolute Gasteiger partial charge is 0.343 e. The molecule has 3 fully saturated rings. The van der Waals surface area contributed by atoms with E-state index in [1.165, 1.54) is 25.4 Å². The van der Waals surface area contributed by atoms with Gasteiger partial charge in [0.05, 0.1) is 23.9 Å². The minimum Gasteiger partial charge on any atom is -0.492 e. The molecule has 1 aromatic heterocycles. The molecule has 0 spiro atoms. The lowest BCUT2D eigenvalue weighted by Crippen LogP contribution is -2.40. The standard InChI is InChI=1S/C38H39F2N3O6/c1-22(24-10-13-27(30(39)17-24)23-7-4-3-5-8-23)37(45)48-15-16-49-38(46)29-20-43(26-11-12-26)33-28(35(29)44)18-31(40)34(36(33)47-2)42-19-25-9-6-14-41-32(25)21-42/h3-5,7-8,10,13,17-18,20,22,25-26,32,41H,6,9,11-12,14-16,19,21H2,1-2H3. The largest absolute Gasteiger partial charge is 0.492 e. The molecule has 0 amide bonds. The van der Waals surface area contributed by atoms with Crippen LogP contribution in [-0.4, -0.2) is 62.5 Å². The second kappa shape index (κ2) is 13.6. The van der Waals surface area contributed by atoms with E-state index in [1.807, 2.05) is 27.7 Å². The van der Waals surface area contributed by atoms with Crippen LogP contribution in [0.2, 0.25) is 0 Å². The van der Waals surface area contributed by atoms with E-state index in [1.54, 1.807) is 31.2 Å². The molecule has 3 atom stereocenters. The Morgan fingerprint density at radius 2 is 1.76 bits per heavy atom. The molecule has 49 heavy (non-hydrogen) atoms. The molecule has 1 saturated carbocycles. The first-order chi connectivity index (χ1) is 23.7. The number of fused-ring (bicyclic) bond motifs is 2. The Bertz CT molecular complexity index is 1950. The first-order valence-electron chi connectivity index (χ1n) is 16.9. The van der Waals surface area contributed by atoms with E-state index < -0.39 is 34.9 Å². The van der Waals surface area contributed by atoms with Crippen LogP contribution in [0.4, 0.5) is 14.5 Å². The fourth-order valence-corrected chi connectivity index (χ4v) is 7.21. The summed E-state index contributed by atoms with van der Waals surface area (Å²) in [6, 6.07) is 15.2. The summed E-state index contributed by atoms with van der Waals surface area (Å²) < 4.78 is 49.1. The lowest BCUT2D eigenvalue weighted by Gasteiger charge is -2.25. The highest BCUT2D eigenvalue weighted by Gasteiger charge is 2.38. The number of rotatable bonds is 10. The van der Waals surface area contributed by atoms with Crippen molar-refractivity contribution < 1.29 is 32.6 Å². The van der Waals surface area contributed by atoms with Crippen molar-refractivity contribution in [2.24, 2.45) is 5.92 Å². The molecule has 3 aliphatic rings. The van der Waals surface area contributed by atoms with Gasteiger partial charge in [0, 0.05) is 36.9 Å². The average molecular weight is 672 g/mol. The second-order valence-electron chi connectivity index (χ2n) is 13.1. The predicted octanol–water partition coefficient (Wildman–Crippen LogP) is 5.98. The number of benzene rings is 3. The molecule has 2 aliphatic heterocycles. The summed E-state index contributed by atoms with van der Waals surface area (Å²) in [7, 11) is 1.47. The van der Waals surface area contributed by atoms with Crippen molar-refractivity contribution in [3.8, 4) is 16.9 Å². The monoisotopic (exact) mass is 671 g/mol. The van der Waals surface area contributed by atoms with Crippen LogP contribution in [0.15, 0.2) is 65.6 Å². The van der Waals surface area contributed by atoms with Gasteiger partial charge in [-0.05, 0) is 68.3 Å². The Morgan fingerprint density at radius 3 is 2.47 bits per heavy atom. The molecule has 0 bridgehead atoms. The zero-order chi connectivity index (χ0) is 34.2. The topological polar surface area (TPSA) is 99.1 Å². The third-order valence-electron chi connectivity index (χ3n) is 9.97. The zero-order valence-electron chi connectivity index (χ0n) is 27.5. The van der Waals surface area contributed by atoms with Crippen LogP contribution >= 0.6 is 0 Å². The Balaban J connectivity index is 1.05. The van der Waals surface area contributed by atoms with Gasteiger partial charge in [-0.15, -0.1) is 0 Å². The number of piperidine rings is 1. The highest BCUT2D eigenvalue weighted by atomic mass is 19.1. The van der Waals surface area contributed by atoms with Crippen LogP contribution < -0.4 is 20.4 Å². The van der Waals surface area contributed by atoms with Gasteiger partial charge >= 0.3 is 11.9 Å². The number of aromatic nitrogens is 1. The fourth-order valence-electron chi connectivity index (χ4n) is 7.21. The van der Waals surface area contributed by atoms with E-state index >= 15 is 4.39 Å². The number of pyridine rings is 1. The molecule has 7 rings (SSSR count). The van der Waals surface area contributed by atoms with Crippen molar-refractivity contribution in [3.05, 3.63) is 93.8 Å². The van der Waals surface area contributed by atoms with Gasteiger partial charge in [-0.25, -0.2) is 13.6 Å². The average Bonchev–Trinajstić information content (AvgIpc) is 3.87. The first-order valence-corrected chi connectivity index (χ1v) is 16.9. The van der Waals surface area contributed by atoms with Crippen LogP contribution in [0.25, 0.3) is 22.0 Å². The molecule has 256 valence electrons. The molecule has 2 saturated heterocycles. The molecule has 11 heteroatoms. The van der Waals surface area contributed by atoms with Gasteiger partial charge in [-0.1, -0.05) is 42.5 Å². The first kappa shape index (κ1) is 32.8. The SMILES string of the molecule is COc1c(N2CC3CCCNC3C2)c(F)cc2c(=O)c(C(=O)OCCOC(=O)C(C)c3ccc(-c4ccccc4)c(F)c3)cn(C3CC3)c12. The van der Waals surface area contributed by atoms with Crippen LogP contribution in [0.3, 0.4) is 0 Å². The van der Waals surface area contributed by atoms with E-state index in [0.29, 0.717) is 41.3 Å². The van der Waals surface area contributed by atoms with Gasteiger partial charge < -0.3 is 29.0 Å². The molecule has 9 nitrogen and oxygen atoms in total. The van der Waals surface area contributed by atoms with Gasteiger partial charge in [-0.2, -0.15) is 0 Å². The Morgan fingerprint density at radius 1 is 0.980 bits per heavy atom. The number of halogens is 2. The number of ether oxygens (including phenoxy) is 3. The van der Waals surface area contributed by atoms with Gasteiger partial charge in [0.2, 0.25) is 5.43 Å². The summed E-state index contributed by atoms with van der Waals surface area (Å²) >= 11 is 0. The van der Waals surface area contributed by atoms with Crippen molar-refractivity contribution in [1.29, 1.82) is 0 Å². The number of hydrogen-bond donors (Lipinski definition) is 1. The number of hydrogen-bond acceptors (Lipinski definition) is 8. The van der Waals surface area contributed by atoms with E-state index in [0.717, 1.165) is 37.8 Å². The van der Waals surface area contributed by atoms with Crippen molar-refractivity contribution in [1.82, 2.24) is 9.88 Å². The summed E-state index contributed by atoms with van der Waals surface area (Å²) in [5.41, 5.74) is 1.49. The molecular weight excluding hydrogens is 632 g/mol. The van der Waals surface area contributed by atoms with Gasteiger partial charge in [0.15, 0.2) is 11.6 Å². The van der Waals surface area contributed by atoms with Crippen molar-refractivity contribution in [2.75, 3.05) is 44.9 Å². The van der Waals surface area contributed by atoms with Gasteiger partial charge in [-0.3, -0.25) is 9.59 Å². The Labute approximate surface area is 282 Å². The van der Waals surface area contributed by atoms with Crippen LogP contribution in [0, 0.1) is 17.6 Å². The van der Waals surface area contributed by atoms with Crippen molar-refractivity contribution >= 4 is 28.5 Å². The summed E-state index contributed by atoms with van der Waals surface area (Å²) in [6.45, 7) is 3.31. The maximum Gasteiger partial charge on any atom is 0.343 e. The molecule has 4 aromatic rings. The third kappa shape index (κ3) is 6.39. The number of anilines is 1. The Hall–Kier alpha value is -4.77. The van der Waals surface area contributed by atoms with E-state index in [2.05, 4.69) is 5.32 Å². The Kier molecular flexibility index (Phi) is 9.11. The van der Waals surface area contributed by atoms with Crippen molar-refractivity contribution in [3.63, 3.8) is 0 Å². The number of esters is 2. The number of nitrogens with zero attached hydrogens (tertiary/aromatic N) is 2. The normalized spacial score (nSPS) is 19.4. The zero-order valence-corrected chi connectivity index (χ0v) is 27.5. The summed E-state index contributed by atoms with van der Waals surface area (Å²) in [6.07, 6.45) is 5.31. The molecule has 1 aliphatic carbocycles. The predicted molar refractivity (Wildman–Crippen MR) is 181 cm³/mol. The maximum absolute atomic E-state index is 15.9. The van der Waals surface area contributed by atoms with Gasteiger partial charge in [0.1, 0.15) is 30.3 Å². The highest BCUT2D eigenvalue weighted by molar-refractivity contribution is 5.98. The van der Waals surface area contributed by atoms with E-state index in [4.69, 9.17) is 14.2 Å². The van der Waals surface area contributed by atoms with Crippen LogP contribution in [0.5, 0.6) is 5.75 Å². The fraction of sp³-hybridized carbons (Fsp3) is 0.395. The van der Waals surface area contributed by atoms with E-state index in [-0.39, 0.29) is 42.0 Å². The molecule has 0 radical (unpaired) electrons. The number of nitrogens with one attached hydrogen (secondary N) is 1. The van der Waals surface area contributed by atoms with Crippen LogP contribution in [0.1, 0.15) is 60.5 Å². The molecule has 3 heterocycles. The number of methoxy groups -OCH3 is 1. The molecular formula is C38H39F2N3O6. The lowest BCUT2D eigenvalue weighted by molar-refractivity contribution is -0.146. The third-order valence-corrected chi connectivity index (χ3v) is 9.97. The summed E-state index contributed by atoms with van der Waals surface area (Å²) in [5, 5.41) is 3.58. The van der Waals surface area contributed by atoms with Crippen molar-refractivity contribution in [2.45, 2.75) is 50.6 Å². The minimum absolute atomic E-state index is 0.0266. The lowest BCUT2D eigenvalue weighted by atomic mass is 9.94. The second-order valence-corrected chi connectivity index (χ2v) is 13.1. The summed E-state index contributed by atoms with van der Waals surface area (Å²) in [5.74, 6) is -2.62. The van der Waals surface area contributed by atoms with Gasteiger partial charge in [0.25, 0.3) is 0 Å². The molecule has 1 N–H and O–H groups in total. The quantitative estimate of drug-likeness (QED) is 0.163. The highest BCUT2D eigenvalue weighted by Crippen LogP contribution is 2.45. The summed E-state index contributed by atoms with van der Waals surface area (Å²) in [4.78, 5) is 41.6.